The summed E-state index contributed by atoms with van der Waals surface area (Å²) in [6.07, 6.45) is 8.01. The Kier molecular flexibility index (Phi) is 7.02. The predicted molar refractivity (Wildman–Crippen MR) is 130 cm³/mol. The second kappa shape index (κ2) is 8.92. The first-order chi connectivity index (χ1) is 15.7. The molecule has 2 nitrogen and oxygen atoms in total. The number of alkyl halides is 3. The molecular formula is C29H49F3O2. The Bertz CT molecular complexity index is 735. The molecule has 198 valence electrons. The highest BCUT2D eigenvalue weighted by Crippen LogP contribution is 2.68. The van der Waals surface area contributed by atoms with E-state index in [1.54, 1.807) is 0 Å². The molecule has 5 heteroatoms. The molecule has 0 heterocycles. The molecule has 4 fully saturated rings. The van der Waals surface area contributed by atoms with E-state index in [1.807, 2.05) is 0 Å². The van der Waals surface area contributed by atoms with E-state index >= 15 is 0 Å². The number of halogens is 3. The first-order valence-corrected chi connectivity index (χ1v) is 14.2. The summed E-state index contributed by atoms with van der Waals surface area (Å²) in [7, 11) is 0. The number of aliphatic hydroxyl groups is 2. The van der Waals surface area contributed by atoms with Crippen LogP contribution < -0.4 is 0 Å². The topological polar surface area (TPSA) is 40.5 Å². The molecule has 0 saturated heterocycles. The molecule has 0 aliphatic heterocycles. The maximum Gasteiger partial charge on any atom is 0.416 e. The van der Waals surface area contributed by atoms with Gasteiger partial charge in [0.15, 0.2) is 5.60 Å². The third-order valence-electron chi connectivity index (χ3n) is 12.3. The zero-order valence-electron chi connectivity index (χ0n) is 22.2. The number of hydrogen-bond donors (Lipinski definition) is 2. The zero-order valence-corrected chi connectivity index (χ0v) is 22.2. The van der Waals surface area contributed by atoms with Gasteiger partial charge in [-0.05, 0) is 137 Å². The molecule has 0 aromatic heterocycles. The summed E-state index contributed by atoms with van der Waals surface area (Å²) in [4.78, 5) is 0. The van der Waals surface area contributed by atoms with Crippen LogP contribution in [0.25, 0.3) is 0 Å². The molecule has 0 spiro atoms. The molecule has 34 heavy (non-hydrogen) atoms. The summed E-state index contributed by atoms with van der Waals surface area (Å²) in [6, 6.07) is 0. The number of fused-ring (bicyclic) bond motifs is 5. The van der Waals surface area contributed by atoms with Crippen LogP contribution in [0.2, 0.25) is 0 Å². The highest BCUT2D eigenvalue weighted by atomic mass is 19.4. The van der Waals surface area contributed by atoms with E-state index in [0.29, 0.717) is 23.7 Å². The van der Waals surface area contributed by atoms with E-state index in [1.165, 1.54) is 32.1 Å². The van der Waals surface area contributed by atoms with Gasteiger partial charge in [0, 0.05) is 0 Å². The van der Waals surface area contributed by atoms with Crippen molar-refractivity contribution in [2.45, 2.75) is 135 Å². The molecule has 0 amide bonds. The molecule has 0 aromatic rings. The lowest BCUT2D eigenvalue weighted by Gasteiger charge is -2.59. The van der Waals surface area contributed by atoms with Crippen LogP contribution in [0.4, 0.5) is 13.2 Å². The van der Waals surface area contributed by atoms with E-state index < -0.39 is 17.4 Å². The predicted octanol–water partition coefficient (Wildman–Crippen LogP) is 7.91. The second-order valence-corrected chi connectivity index (χ2v) is 13.8. The minimum absolute atomic E-state index is 0.199. The molecule has 4 aliphatic rings. The van der Waals surface area contributed by atoms with Crippen LogP contribution in [-0.4, -0.2) is 27.6 Å². The molecule has 0 unspecified atom stereocenters. The smallest absolute Gasteiger partial charge is 0.390 e. The van der Waals surface area contributed by atoms with Crippen molar-refractivity contribution < 1.29 is 23.4 Å². The lowest BCUT2D eigenvalue weighted by atomic mass is 9.46. The quantitative estimate of drug-likeness (QED) is 0.414. The van der Waals surface area contributed by atoms with Gasteiger partial charge in [0.25, 0.3) is 0 Å². The van der Waals surface area contributed by atoms with Gasteiger partial charge in [0.05, 0.1) is 5.60 Å². The van der Waals surface area contributed by atoms with E-state index in [0.717, 1.165) is 63.2 Å². The van der Waals surface area contributed by atoms with Crippen molar-refractivity contribution in [1.82, 2.24) is 0 Å². The summed E-state index contributed by atoms with van der Waals surface area (Å²) < 4.78 is 39.6. The van der Waals surface area contributed by atoms with Gasteiger partial charge >= 0.3 is 6.18 Å². The van der Waals surface area contributed by atoms with Crippen molar-refractivity contribution in [3.05, 3.63) is 0 Å². The van der Waals surface area contributed by atoms with E-state index in [4.69, 9.17) is 0 Å². The summed E-state index contributed by atoms with van der Waals surface area (Å²) in [5.41, 5.74) is -2.54. The van der Waals surface area contributed by atoms with E-state index in [2.05, 4.69) is 27.7 Å². The highest BCUT2D eigenvalue weighted by molar-refractivity contribution is 5.10. The third-order valence-corrected chi connectivity index (χ3v) is 12.3. The van der Waals surface area contributed by atoms with Crippen LogP contribution in [0.3, 0.4) is 0 Å². The molecule has 2 N–H and O–H groups in total. The number of rotatable bonds is 5. The van der Waals surface area contributed by atoms with Crippen LogP contribution in [-0.2, 0) is 0 Å². The van der Waals surface area contributed by atoms with E-state index in [9.17, 15) is 23.4 Å². The van der Waals surface area contributed by atoms with E-state index in [-0.39, 0.29) is 17.8 Å². The van der Waals surface area contributed by atoms with Crippen molar-refractivity contribution in [1.29, 1.82) is 0 Å². The van der Waals surface area contributed by atoms with Crippen LogP contribution >= 0.6 is 0 Å². The normalized spacial score (nSPS) is 47.6. The van der Waals surface area contributed by atoms with Crippen LogP contribution in [0, 0.1) is 46.3 Å². The standard InChI is InChI=1S/C29H49F3O2/c1-6-28(34)16-12-20-7-8-21-23-10-9-22(19(2)11-15-27(5,33)29(30,31)32)26(23,4)14-13-24(21)25(20,3)17-18-28/h19-24,33-34H,6-18H2,1-5H3/t19-,20+,21+,22-,23+,24+,25+,26-,27-,28-/m1/s1. The molecule has 0 bridgehead atoms. The largest absolute Gasteiger partial charge is 0.416 e. The molecular weight excluding hydrogens is 437 g/mol. The third kappa shape index (κ3) is 4.37. The van der Waals surface area contributed by atoms with Gasteiger partial charge in [-0.25, -0.2) is 0 Å². The maximum atomic E-state index is 13.2. The highest BCUT2D eigenvalue weighted by Gasteiger charge is 2.60. The molecule has 0 radical (unpaired) electrons. The minimum Gasteiger partial charge on any atom is -0.390 e. The van der Waals surface area contributed by atoms with Crippen molar-refractivity contribution >= 4 is 0 Å². The first kappa shape index (κ1) is 26.8. The Morgan fingerprint density at radius 2 is 1.56 bits per heavy atom. The molecule has 4 rings (SSSR count). The van der Waals surface area contributed by atoms with Gasteiger partial charge < -0.3 is 10.2 Å². The van der Waals surface area contributed by atoms with Crippen molar-refractivity contribution in [2.24, 2.45) is 46.3 Å². The van der Waals surface area contributed by atoms with Gasteiger partial charge in [0.2, 0.25) is 0 Å². The second-order valence-electron chi connectivity index (χ2n) is 13.8. The minimum atomic E-state index is -4.57. The van der Waals surface area contributed by atoms with Gasteiger partial charge in [-0.3, -0.25) is 0 Å². The fourth-order valence-electron chi connectivity index (χ4n) is 9.65. The van der Waals surface area contributed by atoms with Gasteiger partial charge in [-0.15, -0.1) is 0 Å². The zero-order chi connectivity index (χ0) is 25.2. The SMILES string of the molecule is CC[C@@]1(O)CC[C@@H]2CC[C@@H]3[C@H](CC[C@]4(C)[C@@H]([C@H](C)CC[C@@](C)(O)C(F)(F)F)CC[C@@H]34)[C@@]2(C)CC1. The van der Waals surface area contributed by atoms with Crippen molar-refractivity contribution in [3.8, 4) is 0 Å². The summed E-state index contributed by atoms with van der Waals surface area (Å²) in [6.45, 7) is 10.2. The average molecular weight is 487 g/mol. The summed E-state index contributed by atoms with van der Waals surface area (Å²) >= 11 is 0. The maximum absolute atomic E-state index is 13.2. The van der Waals surface area contributed by atoms with Crippen molar-refractivity contribution in [3.63, 3.8) is 0 Å². The fraction of sp³-hybridized carbons (Fsp3) is 1.00. The molecule has 4 saturated carbocycles. The molecule has 0 aromatic carbocycles. The van der Waals surface area contributed by atoms with Crippen LogP contribution in [0.15, 0.2) is 0 Å². The fourth-order valence-corrected chi connectivity index (χ4v) is 9.65. The monoisotopic (exact) mass is 486 g/mol. The number of hydrogen-bond acceptors (Lipinski definition) is 2. The molecule has 10 atom stereocenters. The lowest BCUT2D eigenvalue weighted by Crippen LogP contribution is -2.52. The Balaban J connectivity index is 1.47. The average Bonchev–Trinajstić information content (AvgIpc) is 3.05. The Hall–Kier alpha value is -0.290. The molecule has 4 aliphatic carbocycles. The van der Waals surface area contributed by atoms with Crippen molar-refractivity contribution in [2.75, 3.05) is 0 Å². The summed E-state index contributed by atoms with van der Waals surface area (Å²) in [5, 5.41) is 21.0. The Labute approximate surface area is 205 Å². The summed E-state index contributed by atoms with van der Waals surface area (Å²) in [5.74, 6) is 3.50. The Morgan fingerprint density at radius 1 is 0.882 bits per heavy atom. The van der Waals surface area contributed by atoms with Gasteiger partial charge in [-0.1, -0.05) is 27.7 Å². The Morgan fingerprint density at radius 3 is 2.21 bits per heavy atom. The van der Waals surface area contributed by atoms with Crippen LogP contribution in [0.5, 0.6) is 0 Å². The van der Waals surface area contributed by atoms with Gasteiger partial charge in [-0.2, -0.15) is 13.2 Å². The van der Waals surface area contributed by atoms with Crippen LogP contribution in [0.1, 0.15) is 118 Å². The van der Waals surface area contributed by atoms with Gasteiger partial charge in [0.1, 0.15) is 0 Å². The first-order valence-electron chi connectivity index (χ1n) is 14.2. The lowest BCUT2D eigenvalue weighted by molar-refractivity contribution is -0.256.